The van der Waals surface area contributed by atoms with Gasteiger partial charge in [-0.3, -0.25) is 14.9 Å². The molecule has 24 heavy (non-hydrogen) atoms. The number of benzene rings is 1. The number of methoxy groups -OCH3 is 1. The number of rotatable bonds is 6. The minimum atomic E-state index is -0.651. The van der Waals surface area contributed by atoms with Crippen molar-refractivity contribution >= 4 is 17.4 Å². The van der Waals surface area contributed by atoms with Crippen LogP contribution in [-0.2, 0) is 0 Å². The fourth-order valence-electron chi connectivity index (χ4n) is 2.04. The Kier molecular flexibility index (Phi) is 5.31. The minimum Gasteiger partial charge on any atom is -0.493 e. The van der Waals surface area contributed by atoms with Gasteiger partial charge >= 0.3 is 0 Å². The normalized spacial score (nSPS) is 10.1. The SMILES string of the molecule is CCOc1cc(C(=O)Nc2ccc(C)cn2)c([N+](=O)[O-])cc1OC. The Morgan fingerprint density at radius 3 is 2.62 bits per heavy atom. The van der Waals surface area contributed by atoms with Crippen LogP contribution >= 0.6 is 0 Å². The summed E-state index contributed by atoms with van der Waals surface area (Å²) >= 11 is 0. The molecule has 0 aliphatic rings. The highest BCUT2D eigenvalue weighted by Gasteiger charge is 2.25. The third-order valence-electron chi connectivity index (χ3n) is 3.18. The van der Waals surface area contributed by atoms with Gasteiger partial charge in [0, 0.05) is 12.3 Å². The summed E-state index contributed by atoms with van der Waals surface area (Å²) in [5.41, 5.74) is 0.425. The molecule has 0 aliphatic heterocycles. The van der Waals surface area contributed by atoms with Crippen LogP contribution in [0.5, 0.6) is 11.5 Å². The van der Waals surface area contributed by atoms with Crippen molar-refractivity contribution in [3.8, 4) is 11.5 Å². The zero-order chi connectivity index (χ0) is 17.7. The van der Waals surface area contributed by atoms with Crippen molar-refractivity contribution in [2.24, 2.45) is 0 Å². The van der Waals surface area contributed by atoms with Gasteiger partial charge in [-0.2, -0.15) is 0 Å². The van der Waals surface area contributed by atoms with E-state index in [1.54, 1.807) is 25.3 Å². The van der Waals surface area contributed by atoms with E-state index in [2.05, 4.69) is 10.3 Å². The monoisotopic (exact) mass is 331 g/mol. The Morgan fingerprint density at radius 2 is 2.08 bits per heavy atom. The van der Waals surface area contributed by atoms with Gasteiger partial charge in [0.2, 0.25) is 0 Å². The quantitative estimate of drug-likeness (QED) is 0.644. The lowest BCUT2D eigenvalue weighted by atomic mass is 10.1. The third kappa shape index (κ3) is 3.78. The average Bonchev–Trinajstić information content (AvgIpc) is 2.56. The lowest BCUT2D eigenvalue weighted by Crippen LogP contribution is -2.15. The van der Waals surface area contributed by atoms with Crippen molar-refractivity contribution in [1.82, 2.24) is 4.98 Å². The maximum atomic E-state index is 12.4. The topological polar surface area (TPSA) is 104 Å². The van der Waals surface area contributed by atoms with Gasteiger partial charge in [-0.1, -0.05) is 6.07 Å². The molecule has 8 nitrogen and oxygen atoms in total. The zero-order valence-corrected chi connectivity index (χ0v) is 13.5. The largest absolute Gasteiger partial charge is 0.493 e. The van der Waals surface area contributed by atoms with E-state index in [9.17, 15) is 14.9 Å². The number of anilines is 1. The van der Waals surface area contributed by atoms with Crippen LogP contribution in [0.4, 0.5) is 11.5 Å². The number of ether oxygens (including phenoxy) is 2. The number of carbonyl (C=O) groups is 1. The first-order chi connectivity index (χ1) is 11.5. The molecule has 8 heteroatoms. The second-order valence-corrected chi connectivity index (χ2v) is 4.89. The summed E-state index contributed by atoms with van der Waals surface area (Å²) in [7, 11) is 1.37. The molecule has 1 heterocycles. The first-order valence-corrected chi connectivity index (χ1v) is 7.19. The summed E-state index contributed by atoms with van der Waals surface area (Å²) in [6.07, 6.45) is 1.59. The molecule has 1 N–H and O–H groups in total. The second kappa shape index (κ2) is 7.40. The average molecular weight is 331 g/mol. The van der Waals surface area contributed by atoms with E-state index in [-0.39, 0.29) is 22.7 Å². The van der Waals surface area contributed by atoms with Crippen LogP contribution in [0.15, 0.2) is 30.5 Å². The molecular formula is C16H17N3O5. The number of nitrogens with one attached hydrogen (secondary N) is 1. The van der Waals surface area contributed by atoms with Crippen LogP contribution in [0.2, 0.25) is 0 Å². The number of amides is 1. The van der Waals surface area contributed by atoms with E-state index < -0.39 is 10.8 Å². The molecular weight excluding hydrogens is 314 g/mol. The Hall–Kier alpha value is -3.16. The molecule has 0 saturated heterocycles. The van der Waals surface area contributed by atoms with Crippen molar-refractivity contribution in [3.63, 3.8) is 0 Å². The van der Waals surface area contributed by atoms with Crippen LogP contribution in [0.3, 0.4) is 0 Å². The van der Waals surface area contributed by atoms with Gasteiger partial charge in [0.15, 0.2) is 11.5 Å². The van der Waals surface area contributed by atoms with Crippen LogP contribution in [0, 0.1) is 17.0 Å². The van der Waals surface area contributed by atoms with Gasteiger partial charge in [-0.05, 0) is 25.5 Å². The van der Waals surface area contributed by atoms with Gasteiger partial charge in [0.05, 0.1) is 24.7 Å². The number of pyridine rings is 1. The minimum absolute atomic E-state index is 0.133. The number of hydrogen-bond donors (Lipinski definition) is 1. The van der Waals surface area contributed by atoms with Crippen molar-refractivity contribution < 1.29 is 19.2 Å². The van der Waals surface area contributed by atoms with Gasteiger partial charge in [0.1, 0.15) is 11.4 Å². The molecule has 126 valence electrons. The van der Waals surface area contributed by atoms with Gasteiger partial charge in [-0.25, -0.2) is 4.98 Å². The molecule has 0 unspecified atom stereocenters. The number of nitro groups is 1. The van der Waals surface area contributed by atoms with E-state index in [1.165, 1.54) is 19.2 Å². The van der Waals surface area contributed by atoms with E-state index in [0.29, 0.717) is 12.4 Å². The van der Waals surface area contributed by atoms with E-state index >= 15 is 0 Å². The molecule has 0 saturated carbocycles. The molecule has 1 amide bonds. The highest BCUT2D eigenvalue weighted by atomic mass is 16.6. The zero-order valence-electron chi connectivity index (χ0n) is 13.5. The van der Waals surface area contributed by atoms with E-state index in [1.807, 2.05) is 6.92 Å². The maximum Gasteiger partial charge on any atom is 0.286 e. The first-order valence-electron chi connectivity index (χ1n) is 7.19. The number of hydrogen-bond acceptors (Lipinski definition) is 6. The summed E-state index contributed by atoms with van der Waals surface area (Å²) in [4.78, 5) is 27.1. The van der Waals surface area contributed by atoms with Crippen LogP contribution < -0.4 is 14.8 Å². The van der Waals surface area contributed by atoms with Gasteiger partial charge in [0.25, 0.3) is 11.6 Å². The van der Waals surface area contributed by atoms with Gasteiger partial charge < -0.3 is 14.8 Å². The van der Waals surface area contributed by atoms with Crippen LogP contribution in [0.1, 0.15) is 22.8 Å². The number of nitrogens with zero attached hydrogens (tertiary/aromatic N) is 2. The molecule has 1 aromatic carbocycles. The molecule has 0 spiro atoms. The molecule has 0 fully saturated rings. The highest BCUT2D eigenvalue weighted by Crippen LogP contribution is 2.35. The fraction of sp³-hybridized carbons (Fsp3) is 0.250. The summed E-state index contributed by atoms with van der Waals surface area (Å²) in [5, 5.41) is 13.8. The highest BCUT2D eigenvalue weighted by molar-refractivity contribution is 6.07. The predicted molar refractivity (Wildman–Crippen MR) is 87.7 cm³/mol. The number of aryl methyl sites for hydroxylation is 1. The number of nitro benzene ring substituents is 1. The molecule has 2 aromatic rings. The van der Waals surface area contributed by atoms with Crippen molar-refractivity contribution in [2.45, 2.75) is 13.8 Å². The molecule has 0 bridgehead atoms. The standard InChI is InChI=1S/C16H17N3O5/c1-4-24-14-7-11(12(19(21)22)8-13(14)23-3)16(20)18-15-6-5-10(2)9-17-15/h5-9H,4H2,1-3H3,(H,17,18,20). The third-order valence-corrected chi connectivity index (χ3v) is 3.18. The Bertz CT molecular complexity index is 759. The lowest BCUT2D eigenvalue weighted by Gasteiger charge is -2.12. The summed E-state index contributed by atoms with van der Waals surface area (Å²) < 4.78 is 10.5. The number of aromatic nitrogens is 1. The Morgan fingerprint density at radius 1 is 1.33 bits per heavy atom. The van der Waals surface area contributed by atoms with Crippen LogP contribution in [0.25, 0.3) is 0 Å². The molecule has 0 radical (unpaired) electrons. The van der Waals surface area contributed by atoms with E-state index in [0.717, 1.165) is 5.56 Å². The van der Waals surface area contributed by atoms with E-state index in [4.69, 9.17) is 9.47 Å². The predicted octanol–water partition coefficient (Wildman–Crippen LogP) is 2.96. The maximum absolute atomic E-state index is 12.4. The fourth-order valence-corrected chi connectivity index (χ4v) is 2.04. The van der Waals surface area contributed by atoms with Gasteiger partial charge in [-0.15, -0.1) is 0 Å². The molecule has 2 rings (SSSR count). The Balaban J connectivity index is 2.42. The summed E-state index contributed by atoms with van der Waals surface area (Å²) in [5.74, 6) is 0.0940. The van der Waals surface area contributed by atoms with Crippen molar-refractivity contribution in [1.29, 1.82) is 0 Å². The number of carbonyl (C=O) groups excluding carboxylic acids is 1. The first kappa shape index (κ1) is 17.2. The second-order valence-electron chi connectivity index (χ2n) is 4.89. The summed E-state index contributed by atoms with van der Waals surface area (Å²) in [6, 6.07) is 5.86. The molecule has 0 aliphatic carbocycles. The molecule has 0 atom stereocenters. The lowest BCUT2D eigenvalue weighted by molar-refractivity contribution is -0.385. The molecule has 1 aromatic heterocycles. The smallest absolute Gasteiger partial charge is 0.286 e. The van der Waals surface area contributed by atoms with Crippen molar-refractivity contribution in [2.75, 3.05) is 19.0 Å². The van der Waals surface area contributed by atoms with Crippen LogP contribution in [-0.4, -0.2) is 29.5 Å². The summed E-state index contributed by atoms with van der Waals surface area (Å²) in [6.45, 7) is 3.95. The Labute approximate surface area is 138 Å². The van der Waals surface area contributed by atoms with Crippen molar-refractivity contribution in [3.05, 3.63) is 51.7 Å².